The number of halogens is 1. The largest absolute Gasteiger partial charge is 0.396 e. The van der Waals surface area contributed by atoms with Gasteiger partial charge >= 0.3 is 0 Å². The maximum Gasteiger partial charge on any atom is 0.191 e. The Morgan fingerprint density at radius 1 is 1.19 bits per heavy atom. The fraction of sp³-hybridized carbons (Fsp3) is 0.944. The first kappa shape index (κ1) is 23.9. The van der Waals surface area contributed by atoms with Gasteiger partial charge in [-0.1, -0.05) is 13.8 Å². The van der Waals surface area contributed by atoms with Crippen LogP contribution in [0.25, 0.3) is 0 Å². The molecule has 2 rings (SSSR count). The maximum atomic E-state index is 9.35. The number of aliphatic imine (C=N–C) groups is 1. The predicted octanol–water partition coefficient (Wildman–Crippen LogP) is 0.915. The first-order chi connectivity index (χ1) is 12.1. The lowest BCUT2D eigenvalue weighted by molar-refractivity contribution is 0.00751. The molecule has 7 nitrogen and oxygen atoms in total. The topological polar surface area (TPSA) is 78.4 Å². The molecule has 0 aromatic heterocycles. The number of aliphatic hydroxyl groups excluding tert-OH is 1. The smallest absolute Gasteiger partial charge is 0.191 e. The van der Waals surface area contributed by atoms with E-state index in [1.54, 1.807) is 7.05 Å². The summed E-state index contributed by atoms with van der Waals surface area (Å²) in [4.78, 5) is 6.87. The van der Waals surface area contributed by atoms with Gasteiger partial charge in [0.05, 0.1) is 19.8 Å². The molecule has 26 heavy (non-hydrogen) atoms. The van der Waals surface area contributed by atoms with E-state index in [4.69, 9.17) is 9.47 Å². The van der Waals surface area contributed by atoms with Crippen molar-refractivity contribution in [1.82, 2.24) is 15.5 Å². The SMILES string of the molecule is CN=C(NCC(C(C)C)N1CCOCC1)NCC1(CCO)CCOC1.I. The number of nitrogens with zero attached hydrogens (tertiary/aromatic N) is 2. The van der Waals surface area contributed by atoms with E-state index in [1.165, 1.54) is 0 Å². The molecule has 3 N–H and O–H groups in total. The Bertz CT molecular complexity index is 411. The zero-order chi connectivity index (χ0) is 18.1. The van der Waals surface area contributed by atoms with E-state index < -0.39 is 0 Å². The average molecular weight is 484 g/mol. The highest BCUT2D eigenvalue weighted by Crippen LogP contribution is 2.31. The summed E-state index contributed by atoms with van der Waals surface area (Å²) < 4.78 is 11.0. The molecule has 2 aliphatic rings. The molecule has 2 aliphatic heterocycles. The molecule has 8 heteroatoms. The summed E-state index contributed by atoms with van der Waals surface area (Å²) in [5.41, 5.74) is 0.0219. The minimum Gasteiger partial charge on any atom is -0.396 e. The summed E-state index contributed by atoms with van der Waals surface area (Å²) in [6.45, 7) is 11.5. The molecular formula is C18H37IN4O3. The molecule has 2 saturated heterocycles. The highest BCUT2D eigenvalue weighted by atomic mass is 127. The molecule has 0 aromatic carbocycles. The Hall–Kier alpha value is -0.160. The molecule has 0 spiro atoms. The number of nitrogens with one attached hydrogen (secondary N) is 2. The summed E-state index contributed by atoms with van der Waals surface area (Å²) in [7, 11) is 1.80. The molecule has 2 unspecified atom stereocenters. The van der Waals surface area contributed by atoms with Crippen LogP contribution < -0.4 is 10.6 Å². The second-order valence-electron chi connectivity index (χ2n) is 7.54. The van der Waals surface area contributed by atoms with Crippen LogP contribution in [-0.2, 0) is 9.47 Å². The number of rotatable bonds is 8. The number of guanidine groups is 1. The zero-order valence-corrected chi connectivity index (χ0v) is 18.8. The molecule has 0 bridgehead atoms. The second kappa shape index (κ2) is 12.3. The number of hydrogen-bond donors (Lipinski definition) is 3. The molecule has 0 aliphatic carbocycles. The third-order valence-electron chi connectivity index (χ3n) is 5.44. The van der Waals surface area contributed by atoms with Gasteiger partial charge in [-0.3, -0.25) is 9.89 Å². The monoisotopic (exact) mass is 484 g/mol. The van der Waals surface area contributed by atoms with Gasteiger partial charge < -0.3 is 25.2 Å². The van der Waals surface area contributed by atoms with Gasteiger partial charge in [0.25, 0.3) is 0 Å². The number of morpholine rings is 1. The fourth-order valence-corrected chi connectivity index (χ4v) is 3.70. The highest BCUT2D eigenvalue weighted by Gasteiger charge is 2.34. The molecule has 154 valence electrons. The van der Waals surface area contributed by atoms with Crippen LogP contribution in [0.4, 0.5) is 0 Å². The fourth-order valence-electron chi connectivity index (χ4n) is 3.70. The highest BCUT2D eigenvalue weighted by molar-refractivity contribution is 14.0. The minimum absolute atomic E-state index is 0. The van der Waals surface area contributed by atoms with E-state index in [-0.39, 0.29) is 36.0 Å². The Morgan fingerprint density at radius 3 is 2.46 bits per heavy atom. The zero-order valence-electron chi connectivity index (χ0n) is 16.5. The van der Waals surface area contributed by atoms with Crippen molar-refractivity contribution in [2.75, 3.05) is 66.3 Å². The van der Waals surface area contributed by atoms with Gasteiger partial charge in [0, 0.05) is 57.9 Å². The van der Waals surface area contributed by atoms with Crippen LogP contribution in [0.2, 0.25) is 0 Å². The minimum atomic E-state index is 0. The van der Waals surface area contributed by atoms with E-state index in [1.807, 2.05) is 0 Å². The van der Waals surface area contributed by atoms with Crippen molar-refractivity contribution < 1.29 is 14.6 Å². The number of aliphatic hydroxyl groups is 1. The lowest BCUT2D eigenvalue weighted by atomic mass is 9.84. The third kappa shape index (κ3) is 7.10. The van der Waals surface area contributed by atoms with Crippen LogP contribution in [0, 0.1) is 11.3 Å². The van der Waals surface area contributed by atoms with Gasteiger partial charge in [-0.15, -0.1) is 24.0 Å². The summed E-state index contributed by atoms with van der Waals surface area (Å²) >= 11 is 0. The summed E-state index contributed by atoms with van der Waals surface area (Å²) in [5.74, 6) is 1.38. The Morgan fingerprint density at radius 2 is 1.92 bits per heavy atom. The van der Waals surface area contributed by atoms with Gasteiger partial charge in [-0.05, 0) is 18.8 Å². The van der Waals surface area contributed by atoms with Gasteiger partial charge in [0.15, 0.2) is 5.96 Å². The Labute approximate surface area is 175 Å². The van der Waals surface area contributed by atoms with Gasteiger partial charge in [-0.2, -0.15) is 0 Å². The van der Waals surface area contributed by atoms with Gasteiger partial charge in [-0.25, -0.2) is 0 Å². The summed E-state index contributed by atoms with van der Waals surface area (Å²) in [6, 6.07) is 0.462. The Balaban J connectivity index is 0.00000338. The molecule has 2 fully saturated rings. The molecule has 0 saturated carbocycles. The van der Waals surface area contributed by atoms with Crippen LogP contribution >= 0.6 is 24.0 Å². The van der Waals surface area contributed by atoms with E-state index in [9.17, 15) is 5.11 Å². The van der Waals surface area contributed by atoms with Crippen molar-refractivity contribution in [2.45, 2.75) is 32.7 Å². The van der Waals surface area contributed by atoms with Crippen molar-refractivity contribution in [3.63, 3.8) is 0 Å². The van der Waals surface area contributed by atoms with Crippen molar-refractivity contribution >= 4 is 29.9 Å². The summed E-state index contributed by atoms with van der Waals surface area (Å²) in [6.07, 6.45) is 1.75. The van der Waals surface area contributed by atoms with Crippen LogP contribution in [0.5, 0.6) is 0 Å². The standard InChI is InChI=1S/C18H36N4O3.HI/c1-15(2)16(22-6-10-24-11-7-22)12-20-17(19-3)21-13-18(4-8-23)5-9-25-14-18;/h15-16,23H,4-14H2,1-3H3,(H2,19,20,21);1H. The normalized spacial score (nSPS) is 25.8. The number of hydrogen-bond acceptors (Lipinski definition) is 5. The van der Waals surface area contributed by atoms with E-state index in [0.717, 1.165) is 64.8 Å². The lowest BCUT2D eigenvalue weighted by Crippen LogP contribution is -2.53. The van der Waals surface area contributed by atoms with E-state index in [0.29, 0.717) is 18.6 Å². The van der Waals surface area contributed by atoms with Crippen LogP contribution in [0.15, 0.2) is 4.99 Å². The van der Waals surface area contributed by atoms with Crippen molar-refractivity contribution in [2.24, 2.45) is 16.3 Å². The molecular weight excluding hydrogens is 447 g/mol. The summed E-state index contributed by atoms with van der Waals surface area (Å²) in [5, 5.41) is 16.3. The Kier molecular flexibility index (Phi) is 11.3. The van der Waals surface area contributed by atoms with Crippen molar-refractivity contribution in [1.29, 1.82) is 0 Å². The predicted molar refractivity (Wildman–Crippen MR) is 115 cm³/mol. The van der Waals surface area contributed by atoms with Gasteiger partial charge in [0.1, 0.15) is 0 Å². The molecule has 0 amide bonds. The quantitative estimate of drug-likeness (QED) is 0.270. The maximum absolute atomic E-state index is 9.35. The van der Waals surface area contributed by atoms with Crippen LogP contribution in [0.1, 0.15) is 26.7 Å². The lowest BCUT2D eigenvalue weighted by Gasteiger charge is -2.37. The average Bonchev–Trinajstić information content (AvgIpc) is 3.07. The first-order valence-corrected chi connectivity index (χ1v) is 9.55. The number of ether oxygens (including phenoxy) is 2. The van der Waals surface area contributed by atoms with Gasteiger partial charge in [0.2, 0.25) is 0 Å². The molecule has 2 atom stereocenters. The van der Waals surface area contributed by atoms with Crippen LogP contribution in [-0.4, -0.2) is 88.3 Å². The second-order valence-corrected chi connectivity index (χ2v) is 7.54. The van der Waals surface area contributed by atoms with Crippen LogP contribution in [0.3, 0.4) is 0 Å². The molecule has 0 aromatic rings. The third-order valence-corrected chi connectivity index (χ3v) is 5.44. The van der Waals surface area contributed by atoms with E-state index >= 15 is 0 Å². The van der Waals surface area contributed by atoms with Crippen molar-refractivity contribution in [3.8, 4) is 0 Å². The first-order valence-electron chi connectivity index (χ1n) is 9.55. The molecule has 0 radical (unpaired) electrons. The van der Waals surface area contributed by atoms with Crippen molar-refractivity contribution in [3.05, 3.63) is 0 Å². The molecule has 2 heterocycles. The van der Waals surface area contributed by atoms with E-state index in [2.05, 4.69) is 34.4 Å².